The van der Waals surface area contributed by atoms with Crippen molar-refractivity contribution >= 4 is 34.8 Å². The molecule has 110 valence electrons. The lowest BCUT2D eigenvalue weighted by atomic mass is 10.1. The molecular formula is C15H12Cl2FNO2. The van der Waals surface area contributed by atoms with Crippen molar-refractivity contribution in [2.45, 2.75) is 6.42 Å². The first-order chi connectivity index (χ1) is 10.0. The number of aliphatic hydroxyl groups excluding tert-OH is 1. The second-order valence-corrected chi connectivity index (χ2v) is 5.19. The maximum Gasteiger partial charge on any atom is 0.257 e. The van der Waals surface area contributed by atoms with E-state index in [1.165, 1.54) is 6.07 Å². The molecule has 0 saturated heterocycles. The van der Waals surface area contributed by atoms with Crippen molar-refractivity contribution < 1.29 is 14.3 Å². The minimum atomic E-state index is -0.704. The molecule has 0 radical (unpaired) electrons. The highest BCUT2D eigenvalue weighted by molar-refractivity contribution is 6.37. The fourth-order valence-electron chi connectivity index (χ4n) is 1.78. The summed E-state index contributed by atoms with van der Waals surface area (Å²) in [5.74, 6) is -1.23. The summed E-state index contributed by atoms with van der Waals surface area (Å²) in [4.78, 5) is 12.1. The van der Waals surface area contributed by atoms with Gasteiger partial charge in [-0.3, -0.25) is 4.79 Å². The minimum Gasteiger partial charge on any atom is -0.396 e. The van der Waals surface area contributed by atoms with Gasteiger partial charge in [0.25, 0.3) is 5.91 Å². The Balaban J connectivity index is 2.16. The first-order valence-electron chi connectivity index (χ1n) is 6.17. The van der Waals surface area contributed by atoms with Gasteiger partial charge in [0, 0.05) is 12.3 Å². The van der Waals surface area contributed by atoms with E-state index in [0.29, 0.717) is 12.1 Å². The van der Waals surface area contributed by atoms with Crippen molar-refractivity contribution in [1.82, 2.24) is 0 Å². The second kappa shape index (κ2) is 6.89. The van der Waals surface area contributed by atoms with Crippen LogP contribution in [0.15, 0.2) is 36.4 Å². The number of hydrogen-bond donors (Lipinski definition) is 2. The number of carbonyl (C=O) groups is 1. The number of anilines is 1. The molecule has 0 aliphatic rings. The number of halogens is 3. The van der Waals surface area contributed by atoms with Crippen LogP contribution in [0.1, 0.15) is 15.9 Å². The summed E-state index contributed by atoms with van der Waals surface area (Å²) in [5.41, 5.74) is 1.51. The predicted octanol–water partition coefficient (Wildman–Crippen LogP) is 3.92. The van der Waals surface area contributed by atoms with Gasteiger partial charge in [0.1, 0.15) is 5.82 Å². The molecule has 0 saturated carbocycles. The first-order valence-corrected chi connectivity index (χ1v) is 6.92. The van der Waals surface area contributed by atoms with E-state index in [4.69, 9.17) is 28.3 Å². The highest BCUT2D eigenvalue weighted by Crippen LogP contribution is 2.25. The minimum absolute atomic E-state index is 0.0120. The van der Waals surface area contributed by atoms with Crippen molar-refractivity contribution in [2.24, 2.45) is 0 Å². The SMILES string of the molecule is O=C(Nc1ccc(CCO)cc1)c1cc(F)c(Cl)cc1Cl. The van der Waals surface area contributed by atoms with Crippen LogP contribution < -0.4 is 5.32 Å². The van der Waals surface area contributed by atoms with Gasteiger partial charge >= 0.3 is 0 Å². The third-order valence-electron chi connectivity index (χ3n) is 2.87. The molecule has 0 unspecified atom stereocenters. The van der Waals surface area contributed by atoms with Crippen LogP contribution in [0.3, 0.4) is 0 Å². The third kappa shape index (κ3) is 3.94. The molecule has 0 aliphatic carbocycles. The molecule has 3 nitrogen and oxygen atoms in total. The average molecular weight is 328 g/mol. The molecule has 2 rings (SSSR count). The van der Waals surface area contributed by atoms with Gasteiger partial charge in [-0.15, -0.1) is 0 Å². The molecule has 0 aromatic heterocycles. The Bertz CT molecular complexity index is 659. The van der Waals surface area contributed by atoms with E-state index in [1.54, 1.807) is 24.3 Å². The fraction of sp³-hybridized carbons (Fsp3) is 0.133. The summed E-state index contributed by atoms with van der Waals surface area (Å²) in [6.45, 7) is 0.0609. The van der Waals surface area contributed by atoms with Crippen molar-refractivity contribution in [2.75, 3.05) is 11.9 Å². The molecule has 0 spiro atoms. The number of carbonyl (C=O) groups excluding carboxylic acids is 1. The summed E-state index contributed by atoms with van der Waals surface area (Å²) in [6, 6.07) is 9.16. The van der Waals surface area contributed by atoms with E-state index < -0.39 is 11.7 Å². The predicted molar refractivity (Wildman–Crippen MR) is 81.6 cm³/mol. The van der Waals surface area contributed by atoms with E-state index in [9.17, 15) is 9.18 Å². The van der Waals surface area contributed by atoms with Crippen LogP contribution in [-0.4, -0.2) is 17.6 Å². The third-order valence-corrected chi connectivity index (χ3v) is 3.47. The first kappa shape index (κ1) is 15.8. The highest BCUT2D eigenvalue weighted by Gasteiger charge is 2.14. The zero-order chi connectivity index (χ0) is 15.4. The lowest BCUT2D eigenvalue weighted by Gasteiger charge is -2.08. The number of hydrogen-bond acceptors (Lipinski definition) is 2. The van der Waals surface area contributed by atoms with Gasteiger partial charge in [-0.25, -0.2) is 4.39 Å². The number of amides is 1. The largest absolute Gasteiger partial charge is 0.396 e. The van der Waals surface area contributed by atoms with E-state index in [0.717, 1.165) is 11.6 Å². The lowest BCUT2D eigenvalue weighted by Crippen LogP contribution is -2.13. The number of benzene rings is 2. The molecule has 21 heavy (non-hydrogen) atoms. The molecule has 2 N–H and O–H groups in total. The maximum atomic E-state index is 13.4. The fourth-order valence-corrected chi connectivity index (χ4v) is 2.25. The summed E-state index contributed by atoms with van der Waals surface area (Å²) in [5, 5.41) is 11.4. The second-order valence-electron chi connectivity index (χ2n) is 4.37. The van der Waals surface area contributed by atoms with Gasteiger partial charge in [0.15, 0.2) is 0 Å². The van der Waals surface area contributed by atoms with Gasteiger partial charge in [-0.05, 0) is 36.2 Å². The molecule has 0 bridgehead atoms. The van der Waals surface area contributed by atoms with Crippen LogP contribution >= 0.6 is 23.2 Å². The van der Waals surface area contributed by atoms with E-state index in [1.807, 2.05) is 0 Å². The van der Waals surface area contributed by atoms with E-state index in [2.05, 4.69) is 5.32 Å². The Morgan fingerprint density at radius 1 is 1.14 bits per heavy atom. The molecule has 0 fully saturated rings. The van der Waals surface area contributed by atoms with E-state index in [-0.39, 0.29) is 22.2 Å². The summed E-state index contributed by atoms with van der Waals surface area (Å²) < 4.78 is 13.4. The molecule has 0 heterocycles. The van der Waals surface area contributed by atoms with Crippen LogP contribution in [0.25, 0.3) is 0 Å². The Morgan fingerprint density at radius 3 is 2.43 bits per heavy atom. The van der Waals surface area contributed by atoms with Crippen LogP contribution in [0, 0.1) is 5.82 Å². The Kier molecular flexibility index (Phi) is 5.17. The maximum absolute atomic E-state index is 13.4. The number of rotatable bonds is 4. The van der Waals surface area contributed by atoms with Gasteiger partial charge in [-0.2, -0.15) is 0 Å². The average Bonchev–Trinajstić information content (AvgIpc) is 2.45. The Labute approximate surface area is 131 Å². The van der Waals surface area contributed by atoms with Crippen LogP contribution in [0.2, 0.25) is 10.0 Å². The van der Waals surface area contributed by atoms with Gasteiger partial charge < -0.3 is 10.4 Å². The molecule has 6 heteroatoms. The Morgan fingerprint density at radius 2 is 1.81 bits per heavy atom. The molecule has 0 atom stereocenters. The summed E-state index contributed by atoms with van der Waals surface area (Å²) in [6.07, 6.45) is 0.544. The smallest absolute Gasteiger partial charge is 0.257 e. The van der Waals surface area contributed by atoms with Gasteiger partial charge in [0.2, 0.25) is 0 Å². The van der Waals surface area contributed by atoms with Crippen molar-refractivity contribution in [3.05, 3.63) is 63.4 Å². The normalized spacial score (nSPS) is 10.5. The molecule has 1 amide bonds. The topological polar surface area (TPSA) is 49.3 Å². The van der Waals surface area contributed by atoms with Gasteiger partial charge in [0.05, 0.1) is 15.6 Å². The highest BCUT2D eigenvalue weighted by atomic mass is 35.5. The molecule has 0 aliphatic heterocycles. The lowest BCUT2D eigenvalue weighted by molar-refractivity contribution is 0.102. The molecule has 2 aromatic carbocycles. The van der Waals surface area contributed by atoms with Crippen LogP contribution in [0.5, 0.6) is 0 Å². The zero-order valence-corrected chi connectivity index (χ0v) is 12.4. The molecule has 2 aromatic rings. The van der Waals surface area contributed by atoms with Crippen molar-refractivity contribution in [1.29, 1.82) is 0 Å². The van der Waals surface area contributed by atoms with Crippen molar-refractivity contribution in [3.63, 3.8) is 0 Å². The zero-order valence-electron chi connectivity index (χ0n) is 10.9. The summed E-state index contributed by atoms with van der Waals surface area (Å²) in [7, 11) is 0. The Hall–Kier alpha value is -1.62. The summed E-state index contributed by atoms with van der Waals surface area (Å²) >= 11 is 11.5. The van der Waals surface area contributed by atoms with Crippen LogP contribution in [-0.2, 0) is 6.42 Å². The van der Waals surface area contributed by atoms with Gasteiger partial charge in [-0.1, -0.05) is 35.3 Å². The van der Waals surface area contributed by atoms with E-state index >= 15 is 0 Å². The number of aliphatic hydroxyl groups is 1. The van der Waals surface area contributed by atoms with Crippen molar-refractivity contribution in [3.8, 4) is 0 Å². The van der Waals surface area contributed by atoms with Crippen LogP contribution in [0.4, 0.5) is 10.1 Å². The quantitative estimate of drug-likeness (QED) is 0.836. The standard InChI is InChI=1S/C15H12Cl2FNO2/c16-12-8-13(17)14(18)7-11(12)15(21)19-10-3-1-9(2-4-10)5-6-20/h1-4,7-8,20H,5-6H2,(H,19,21). The number of nitrogens with one attached hydrogen (secondary N) is 1. The monoisotopic (exact) mass is 327 g/mol. The molecular weight excluding hydrogens is 316 g/mol.